The molecule has 61 heavy (non-hydrogen) atoms. The molecule has 0 aromatic rings. The number of hydrogen-bond acceptors (Lipinski definition) is 6. The standard InChI is InChI=1S/C52H103N2O6P/c1-6-8-10-12-14-16-18-20-22-24-26-28-30-32-34-36-38-40-42-44-46-52(56)53-50(49-60-61(57,58)59-48-47-54(3,4)5)51(55)45-43-41-39-37-35-33-31-29-27-25-23-21-19-17-15-13-11-9-7-2/h26,28,43,45,50-51,55H,6-25,27,29-42,44,46-49H2,1-5H3,(H-,53,56,57,58)/b28-26-,45-43+. The van der Waals surface area contributed by atoms with Crippen molar-refractivity contribution >= 4 is 13.7 Å². The quantitative estimate of drug-likeness (QED) is 0.0273. The van der Waals surface area contributed by atoms with Crippen molar-refractivity contribution in [2.75, 3.05) is 40.9 Å². The van der Waals surface area contributed by atoms with E-state index in [2.05, 4.69) is 31.3 Å². The van der Waals surface area contributed by atoms with Gasteiger partial charge >= 0.3 is 0 Å². The Kier molecular flexibility index (Phi) is 43.5. The summed E-state index contributed by atoms with van der Waals surface area (Å²) < 4.78 is 23.3. The van der Waals surface area contributed by atoms with Crippen LogP contribution in [0.2, 0.25) is 0 Å². The molecular formula is C52H103N2O6P. The molecule has 0 heterocycles. The van der Waals surface area contributed by atoms with Crippen molar-refractivity contribution in [3.05, 3.63) is 24.3 Å². The maximum atomic E-state index is 12.9. The van der Waals surface area contributed by atoms with Gasteiger partial charge in [0.1, 0.15) is 13.2 Å². The molecule has 0 spiro atoms. The number of phosphoric acid groups is 1. The number of phosphoric ester groups is 1. The number of nitrogens with one attached hydrogen (secondary N) is 1. The van der Waals surface area contributed by atoms with Crippen LogP contribution in [0.1, 0.15) is 251 Å². The number of aliphatic hydroxyl groups excluding tert-OH is 1. The first-order valence-electron chi connectivity index (χ1n) is 26.2. The molecule has 0 aromatic carbocycles. The van der Waals surface area contributed by atoms with E-state index in [1.807, 2.05) is 27.2 Å². The molecule has 8 nitrogen and oxygen atoms in total. The summed E-state index contributed by atoms with van der Waals surface area (Å²) in [6.07, 6.45) is 53.7. The summed E-state index contributed by atoms with van der Waals surface area (Å²) in [6, 6.07) is -0.886. The molecule has 0 aliphatic rings. The molecule has 0 saturated carbocycles. The van der Waals surface area contributed by atoms with Crippen molar-refractivity contribution in [2.24, 2.45) is 0 Å². The number of carbonyl (C=O) groups is 1. The van der Waals surface area contributed by atoms with Gasteiger partial charge in [-0.3, -0.25) is 9.36 Å². The Balaban J connectivity index is 4.30. The van der Waals surface area contributed by atoms with Crippen molar-refractivity contribution in [1.29, 1.82) is 0 Å². The monoisotopic (exact) mass is 883 g/mol. The second-order valence-corrected chi connectivity index (χ2v) is 20.6. The number of quaternary nitrogens is 1. The number of carbonyl (C=O) groups excluding carboxylic acids is 1. The lowest BCUT2D eigenvalue weighted by Crippen LogP contribution is -2.45. The predicted octanol–water partition coefficient (Wildman–Crippen LogP) is 14.6. The maximum absolute atomic E-state index is 12.9. The van der Waals surface area contributed by atoms with Crippen molar-refractivity contribution in [2.45, 2.75) is 264 Å². The molecule has 0 aromatic heterocycles. The third-order valence-corrected chi connectivity index (χ3v) is 12.9. The molecule has 0 rings (SSSR count). The smallest absolute Gasteiger partial charge is 0.268 e. The van der Waals surface area contributed by atoms with E-state index in [-0.39, 0.29) is 19.1 Å². The Morgan fingerprint density at radius 3 is 1.28 bits per heavy atom. The van der Waals surface area contributed by atoms with Crippen LogP contribution in [0.15, 0.2) is 24.3 Å². The van der Waals surface area contributed by atoms with E-state index in [9.17, 15) is 19.4 Å². The van der Waals surface area contributed by atoms with Gasteiger partial charge in [-0.25, -0.2) is 0 Å². The van der Waals surface area contributed by atoms with Crippen molar-refractivity contribution in [3.63, 3.8) is 0 Å². The first-order valence-corrected chi connectivity index (χ1v) is 27.7. The van der Waals surface area contributed by atoms with E-state index in [1.165, 1.54) is 193 Å². The van der Waals surface area contributed by atoms with Gasteiger partial charge in [0, 0.05) is 6.42 Å². The molecular weight excluding hydrogens is 780 g/mol. The van der Waals surface area contributed by atoms with Gasteiger partial charge in [-0.05, 0) is 44.9 Å². The van der Waals surface area contributed by atoms with E-state index in [1.54, 1.807) is 6.08 Å². The number of aliphatic hydroxyl groups is 1. The van der Waals surface area contributed by atoms with Crippen LogP contribution in [0.5, 0.6) is 0 Å². The SMILES string of the molecule is CCCCCCCCCCC/C=C\CCCCCCCCCC(=O)NC(COP(=O)([O-])OCC[N+](C)(C)C)C(O)/C=C/CCCCCCCCCCCCCCCCCCC. The number of nitrogens with zero attached hydrogens (tertiary/aromatic N) is 1. The predicted molar refractivity (Wildman–Crippen MR) is 261 cm³/mol. The molecule has 362 valence electrons. The van der Waals surface area contributed by atoms with Crippen LogP contribution in [-0.2, 0) is 18.4 Å². The minimum atomic E-state index is -4.59. The highest BCUT2D eigenvalue weighted by Crippen LogP contribution is 2.38. The summed E-state index contributed by atoms with van der Waals surface area (Å²) in [6.45, 7) is 4.67. The molecule has 0 radical (unpaired) electrons. The fourth-order valence-corrected chi connectivity index (χ4v) is 8.46. The number of likely N-dealkylation sites (N-methyl/N-ethyl adjacent to an activating group) is 1. The van der Waals surface area contributed by atoms with Gasteiger partial charge in [-0.1, -0.05) is 224 Å². The van der Waals surface area contributed by atoms with E-state index in [0.29, 0.717) is 17.4 Å². The van der Waals surface area contributed by atoms with Crippen LogP contribution < -0.4 is 10.2 Å². The van der Waals surface area contributed by atoms with Crippen LogP contribution in [0.4, 0.5) is 0 Å². The molecule has 3 atom stereocenters. The molecule has 0 aliphatic carbocycles. The molecule has 0 saturated heterocycles. The van der Waals surface area contributed by atoms with E-state index >= 15 is 0 Å². The van der Waals surface area contributed by atoms with Crippen LogP contribution in [0, 0.1) is 0 Å². The third-order valence-electron chi connectivity index (χ3n) is 11.9. The summed E-state index contributed by atoms with van der Waals surface area (Å²) in [5.74, 6) is -0.199. The zero-order valence-corrected chi connectivity index (χ0v) is 42.0. The fraction of sp³-hybridized carbons (Fsp3) is 0.904. The maximum Gasteiger partial charge on any atom is 0.268 e. The molecule has 9 heteroatoms. The first kappa shape index (κ1) is 60.0. The Bertz CT molecular complexity index is 1050. The van der Waals surface area contributed by atoms with Gasteiger partial charge in [-0.2, -0.15) is 0 Å². The molecule has 2 N–H and O–H groups in total. The number of unbranched alkanes of at least 4 members (excludes halogenated alkanes) is 33. The Morgan fingerprint density at radius 1 is 0.557 bits per heavy atom. The normalized spacial score (nSPS) is 14.3. The number of amides is 1. The number of allylic oxidation sites excluding steroid dienone is 3. The molecule has 1 amide bonds. The first-order chi connectivity index (χ1) is 29.5. The minimum Gasteiger partial charge on any atom is -0.756 e. The average Bonchev–Trinajstić information content (AvgIpc) is 3.21. The van der Waals surface area contributed by atoms with Gasteiger partial charge in [0.15, 0.2) is 0 Å². The van der Waals surface area contributed by atoms with E-state index in [0.717, 1.165) is 38.5 Å². The van der Waals surface area contributed by atoms with Crippen LogP contribution >= 0.6 is 7.82 Å². The highest BCUT2D eigenvalue weighted by molar-refractivity contribution is 7.45. The molecule has 0 bridgehead atoms. The Labute approximate surface area is 379 Å². The average molecular weight is 883 g/mol. The highest BCUT2D eigenvalue weighted by atomic mass is 31.2. The summed E-state index contributed by atoms with van der Waals surface area (Å²) in [7, 11) is 1.27. The molecule has 0 aliphatic heterocycles. The Hall–Kier alpha value is -1.02. The Morgan fingerprint density at radius 2 is 0.902 bits per heavy atom. The molecule has 3 unspecified atom stereocenters. The third kappa shape index (κ3) is 46.8. The van der Waals surface area contributed by atoms with Gasteiger partial charge in [0.25, 0.3) is 7.82 Å². The van der Waals surface area contributed by atoms with E-state index < -0.39 is 20.0 Å². The van der Waals surface area contributed by atoms with Crippen molar-refractivity contribution in [3.8, 4) is 0 Å². The van der Waals surface area contributed by atoms with Gasteiger partial charge in [0.05, 0.1) is 39.9 Å². The second-order valence-electron chi connectivity index (χ2n) is 19.2. The lowest BCUT2D eigenvalue weighted by molar-refractivity contribution is -0.870. The van der Waals surface area contributed by atoms with Gasteiger partial charge in [0.2, 0.25) is 5.91 Å². The van der Waals surface area contributed by atoms with E-state index in [4.69, 9.17) is 9.05 Å². The second kappa shape index (κ2) is 44.2. The topological polar surface area (TPSA) is 108 Å². The summed E-state index contributed by atoms with van der Waals surface area (Å²) in [5.41, 5.74) is 0. The van der Waals surface area contributed by atoms with Crippen LogP contribution in [-0.4, -0.2) is 68.5 Å². The number of hydrogen-bond donors (Lipinski definition) is 2. The van der Waals surface area contributed by atoms with Crippen LogP contribution in [0.3, 0.4) is 0 Å². The fourth-order valence-electron chi connectivity index (χ4n) is 7.74. The van der Waals surface area contributed by atoms with Gasteiger partial charge in [-0.15, -0.1) is 0 Å². The summed E-state index contributed by atoms with van der Waals surface area (Å²) in [5, 5.41) is 13.9. The van der Waals surface area contributed by atoms with Gasteiger partial charge < -0.3 is 28.8 Å². The minimum absolute atomic E-state index is 0.000391. The zero-order chi connectivity index (χ0) is 45.0. The van der Waals surface area contributed by atoms with Crippen molar-refractivity contribution < 1.29 is 32.9 Å². The lowest BCUT2D eigenvalue weighted by atomic mass is 10.0. The number of rotatable bonds is 48. The summed E-state index contributed by atoms with van der Waals surface area (Å²) in [4.78, 5) is 25.4. The van der Waals surface area contributed by atoms with Crippen molar-refractivity contribution in [1.82, 2.24) is 5.32 Å². The van der Waals surface area contributed by atoms with Crippen LogP contribution in [0.25, 0.3) is 0 Å². The summed E-state index contributed by atoms with van der Waals surface area (Å²) >= 11 is 0. The molecule has 0 fully saturated rings. The highest BCUT2D eigenvalue weighted by Gasteiger charge is 2.23. The largest absolute Gasteiger partial charge is 0.756 e. The lowest BCUT2D eigenvalue weighted by Gasteiger charge is -2.29. The zero-order valence-electron chi connectivity index (χ0n) is 41.1.